The summed E-state index contributed by atoms with van der Waals surface area (Å²) in [5.74, 6) is 5.30. The summed E-state index contributed by atoms with van der Waals surface area (Å²) >= 11 is 1.61. The number of aromatic nitrogens is 1. The van der Waals surface area contributed by atoms with Gasteiger partial charge < -0.3 is 4.74 Å². The highest BCUT2D eigenvalue weighted by atomic mass is 32.1. The van der Waals surface area contributed by atoms with Crippen LogP contribution in [0.1, 0.15) is 18.2 Å². The number of rotatable bonds is 4. The zero-order chi connectivity index (χ0) is 11.4. The maximum Gasteiger partial charge on any atom is 0.197 e. The van der Waals surface area contributed by atoms with E-state index in [2.05, 4.69) is 22.2 Å². The van der Waals surface area contributed by atoms with Crippen molar-refractivity contribution < 1.29 is 4.74 Å². The average molecular weight is 242 g/mol. The van der Waals surface area contributed by atoms with Crippen LogP contribution in [0.3, 0.4) is 0 Å². The molecule has 0 saturated carbocycles. The quantitative estimate of drug-likeness (QED) is 0.610. The number of nitrogens with two attached hydrogens (primary N) is 1. The average Bonchev–Trinajstić information content (AvgIpc) is 2.77. The summed E-state index contributed by atoms with van der Waals surface area (Å²) < 4.78 is 5.64. The summed E-state index contributed by atoms with van der Waals surface area (Å²) in [4.78, 5) is 7.81. The first-order valence-electron chi connectivity index (χ1n) is 5.57. The van der Waals surface area contributed by atoms with Gasteiger partial charge in [0, 0.05) is 30.7 Å². The van der Waals surface area contributed by atoms with Gasteiger partial charge >= 0.3 is 0 Å². The van der Waals surface area contributed by atoms with Gasteiger partial charge in [-0.1, -0.05) is 18.3 Å². The molecule has 5 nitrogen and oxygen atoms in total. The number of nitrogen functional groups attached to an aromatic ring is 1. The lowest BCUT2D eigenvalue weighted by Gasteiger charge is -2.31. The van der Waals surface area contributed by atoms with Crippen LogP contribution in [0, 0.1) is 0 Å². The fourth-order valence-corrected chi connectivity index (χ4v) is 2.60. The largest absolute Gasteiger partial charge is 0.376 e. The van der Waals surface area contributed by atoms with Crippen LogP contribution in [-0.4, -0.2) is 35.7 Å². The predicted octanol–water partition coefficient (Wildman–Crippen LogP) is 1.04. The van der Waals surface area contributed by atoms with E-state index in [0.717, 1.165) is 37.8 Å². The van der Waals surface area contributed by atoms with Crippen LogP contribution < -0.4 is 11.3 Å². The number of morpholine rings is 1. The first kappa shape index (κ1) is 11.8. The normalized spacial score (nSPS) is 22.2. The van der Waals surface area contributed by atoms with Crippen LogP contribution in [0.4, 0.5) is 5.13 Å². The minimum absolute atomic E-state index is 0.383. The van der Waals surface area contributed by atoms with E-state index in [0.29, 0.717) is 6.10 Å². The van der Waals surface area contributed by atoms with E-state index in [1.54, 1.807) is 11.3 Å². The molecular formula is C10H18N4OS. The molecule has 0 radical (unpaired) electrons. The Kier molecular flexibility index (Phi) is 4.11. The summed E-state index contributed by atoms with van der Waals surface area (Å²) in [6.45, 7) is 5.95. The Labute approximate surface area is 99.6 Å². The van der Waals surface area contributed by atoms with Crippen molar-refractivity contribution in [1.29, 1.82) is 0 Å². The molecule has 2 heterocycles. The van der Waals surface area contributed by atoms with Crippen LogP contribution in [0.15, 0.2) is 6.20 Å². The van der Waals surface area contributed by atoms with Crippen molar-refractivity contribution >= 4 is 16.5 Å². The van der Waals surface area contributed by atoms with Crippen molar-refractivity contribution in [3.8, 4) is 0 Å². The third-order valence-electron chi connectivity index (χ3n) is 2.73. The van der Waals surface area contributed by atoms with Gasteiger partial charge in [-0.2, -0.15) is 0 Å². The van der Waals surface area contributed by atoms with Gasteiger partial charge in [0.1, 0.15) is 0 Å². The number of nitrogens with one attached hydrogen (secondary N) is 1. The summed E-state index contributed by atoms with van der Waals surface area (Å²) in [5, 5.41) is 0.773. The lowest BCUT2D eigenvalue weighted by Crippen LogP contribution is -2.41. The third kappa shape index (κ3) is 2.91. The number of nitrogens with zero attached hydrogens (tertiary/aromatic N) is 2. The summed E-state index contributed by atoms with van der Waals surface area (Å²) in [6, 6.07) is 0. The van der Waals surface area contributed by atoms with Crippen LogP contribution in [-0.2, 0) is 11.3 Å². The number of hydrogen-bond acceptors (Lipinski definition) is 6. The highest BCUT2D eigenvalue weighted by Crippen LogP contribution is 2.20. The molecular weight excluding hydrogens is 224 g/mol. The molecule has 0 aliphatic carbocycles. The van der Waals surface area contributed by atoms with Crippen LogP contribution in [0.2, 0.25) is 0 Å². The molecule has 1 aromatic rings. The molecule has 1 aromatic heterocycles. The van der Waals surface area contributed by atoms with Crippen LogP contribution in [0.5, 0.6) is 0 Å². The molecule has 1 saturated heterocycles. The zero-order valence-corrected chi connectivity index (χ0v) is 10.3. The van der Waals surface area contributed by atoms with Crippen molar-refractivity contribution in [3.05, 3.63) is 11.1 Å². The molecule has 0 spiro atoms. The first-order chi connectivity index (χ1) is 7.81. The molecule has 1 fully saturated rings. The predicted molar refractivity (Wildman–Crippen MR) is 65.2 cm³/mol. The fraction of sp³-hybridized carbons (Fsp3) is 0.700. The minimum atomic E-state index is 0.383. The van der Waals surface area contributed by atoms with Crippen molar-refractivity contribution in [3.63, 3.8) is 0 Å². The Hall–Kier alpha value is -0.690. The molecule has 2 rings (SSSR count). The Morgan fingerprint density at radius 3 is 3.31 bits per heavy atom. The molecule has 1 aliphatic heterocycles. The standard InChI is InChI=1S/C10H18N4OS/c1-2-8-6-14(3-4-15-8)7-9-5-12-10(13-11)16-9/h5,8H,2-4,6-7,11H2,1H3,(H,12,13). The van der Waals surface area contributed by atoms with Gasteiger partial charge in [0.2, 0.25) is 0 Å². The lowest BCUT2D eigenvalue weighted by atomic mass is 10.2. The highest BCUT2D eigenvalue weighted by molar-refractivity contribution is 7.15. The summed E-state index contributed by atoms with van der Waals surface area (Å²) in [5.41, 5.74) is 2.57. The second kappa shape index (κ2) is 5.58. The Balaban J connectivity index is 1.88. The molecule has 1 unspecified atom stereocenters. The van der Waals surface area contributed by atoms with E-state index < -0.39 is 0 Å². The molecule has 0 aromatic carbocycles. The number of thiazole rings is 1. The topological polar surface area (TPSA) is 63.4 Å². The zero-order valence-electron chi connectivity index (χ0n) is 9.48. The molecule has 1 aliphatic rings. The second-order valence-corrected chi connectivity index (χ2v) is 5.03. The van der Waals surface area contributed by atoms with Crippen LogP contribution >= 0.6 is 11.3 Å². The van der Waals surface area contributed by atoms with Crippen molar-refractivity contribution in [1.82, 2.24) is 9.88 Å². The molecule has 1 atom stereocenters. The van der Waals surface area contributed by atoms with Crippen molar-refractivity contribution in [2.45, 2.75) is 26.0 Å². The molecule has 3 N–H and O–H groups in total. The smallest absolute Gasteiger partial charge is 0.197 e. The summed E-state index contributed by atoms with van der Waals surface area (Å²) in [7, 11) is 0. The van der Waals surface area contributed by atoms with E-state index >= 15 is 0 Å². The van der Waals surface area contributed by atoms with E-state index in [1.165, 1.54) is 4.88 Å². The van der Waals surface area contributed by atoms with E-state index in [4.69, 9.17) is 10.6 Å². The third-order valence-corrected chi connectivity index (χ3v) is 3.65. The van der Waals surface area contributed by atoms with Gasteiger partial charge in [0.05, 0.1) is 12.7 Å². The number of hydrazine groups is 1. The minimum Gasteiger partial charge on any atom is -0.376 e. The van der Waals surface area contributed by atoms with Crippen LogP contribution in [0.25, 0.3) is 0 Å². The fourth-order valence-electron chi connectivity index (χ4n) is 1.84. The van der Waals surface area contributed by atoms with E-state index in [9.17, 15) is 0 Å². The Bertz CT molecular complexity index is 330. The number of ether oxygens (including phenoxy) is 1. The Morgan fingerprint density at radius 1 is 1.75 bits per heavy atom. The van der Waals surface area contributed by atoms with Gasteiger partial charge in [-0.15, -0.1) is 0 Å². The monoisotopic (exact) mass is 242 g/mol. The van der Waals surface area contributed by atoms with Gasteiger partial charge in [0.15, 0.2) is 5.13 Å². The van der Waals surface area contributed by atoms with Gasteiger partial charge in [-0.25, -0.2) is 10.8 Å². The van der Waals surface area contributed by atoms with Gasteiger partial charge in [-0.05, 0) is 6.42 Å². The van der Waals surface area contributed by atoms with Gasteiger partial charge in [-0.3, -0.25) is 10.3 Å². The molecule has 90 valence electrons. The van der Waals surface area contributed by atoms with Crippen molar-refractivity contribution in [2.24, 2.45) is 5.84 Å². The number of anilines is 1. The Morgan fingerprint density at radius 2 is 2.62 bits per heavy atom. The molecule has 0 amide bonds. The maximum absolute atomic E-state index is 5.64. The molecule has 6 heteroatoms. The summed E-state index contributed by atoms with van der Waals surface area (Å²) in [6.07, 6.45) is 3.35. The van der Waals surface area contributed by atoms with Crippen molar-refractivity contribution in [2.75, 3.05) is 25.1 Å². The maximum atomic E-state index is 5.64. The SMILES string of the molecule is CCC1CN(Cc2cnc(NN)s2)CCO1. The van der Waals surface area contributed by atoms with E-state index in [1.807, 2.05) is 6.20 Å². The highest BCUT2D eigenvalue weighted by Gasteiger charge is 2.19. The second-order valence-electron chi connectivity index (χ2n) is 3.91. The lowest BCUT2D eigenvalue weighted by molar-refractivity contribution is -0.0321. The van der Waals surface area contributed by atoms with E-state index in [-0.39, 0.29) is 0 Å². The number of hydrogen-bond donors (Lipinski definition) is 2. The molecule has 16 heavy (non-hydrogen) atoms. The molecule has 0 bridgehead atoms. The van der Waals surface area contributed by atoms with Gasteiger partial charge in [0.25, 0.3) is 0 Å². The first-order valence-corrected chi connectivity index (χ1v) is 6.38.